The quantitative estimate of drug-likeness (QED) is 0.425. The summed E-state index contributed by atoms with van der Waals surface area (Å²) >= 11 is 6.83. The van der Waals surface area contributed by atoms with E-state index in [-0.39, 0.29) is 17.5 Å². The molecule has 8 nitrogen and oxygen atoms in total. The monoisotopic (exact) mass is 495 g/mol. The fourth-order valence-electron chi connectivity index (χ4n) is 5.05. The van der Waals surface area contributed by atoms with Crippen LogP contribution in [0.2, 0.25) is 5.02 Å². The van der Waals surface area contributed by atoms with Gasteiger partial charge in [-0.1, -0.05) is 11.6 Å². The summed E-state index contributed by atoms with van der Waals surface area (Å²) in [5, 5.41) is 12.5. The molecule has 0 bridgehead atoms. The van der Waals surface area contributed by atoms with Crippen LogP contribution in [0.25, 0.3) is 16.6 Å². The van der Waals surface area contributed by atoms with E-state index in [9.17, 15) is 9.18 Å². The number of aryl methyl sites for hydroxylation is 1. The molecule has 10 heteroatoms. The first-order chi connectivity index (χ1) is 16.8. The average Bonchev–Trinajstić information content (AvgIpc) is 3.48. The molecule has 0 unspecified atom stereocenters. The molecule has 0 radical (unpaired) electrons. The van der Waals surface area contributed by atoms with Crippen LogP contribution in [-0.4, -0.2) is 50.2 Å². The highest BCUT2D eigenvalue weighted by molar-refractivity contribution is 6.37. The van der Waals surface area contributed by atoms with E-state index in [1.807, 2.05) is 19.1 Å². The van der Waals surface area contributed by atoms with Crippen LogP contribution in [0.3, 0.4) is 0 Å². The minimum atomic E-state index is -0.448. The number of carbonyl (C=O) groups is 1. The van der Waals surface area contributed by atoms with Crippen molar-refractivity contribution in [1.82, 2.24) is 24.5 Å². The molecule has 6 rings (SSSR count). The number of halogens is 2. The number of nitrogens with zero attached hydrogens (tertiary/aromatic N) is 5. The Hall–Kier alpha value is -3.17. The summed E-state index contributed by atoms with van der Waals surface area (Å²) in [5.74, 6) is -0.0834. The highest BCUT2D eigenvalue weighted by Crippen LogP contribution is 2.39. The molecule has 35 heavy (non-hydrogen) atoms. The van der Waals surface area contributed by atoms with Crippen molar-refractivity contribution in [2.75, 3.05) is 23.3 Å². The van der Waals surface area contributed by atoms with Gasteiger partial charge in [0.05, 0.1) is 27.3 Å². The molecule has 2 atom stereocenters. The topological polar surface area (TPSA) is 79.5 Å². The van der Waals surface area contributed by atoms with Gasteiger partial charge in [0.2, 0.25) is 0 Å². The summed E-state index contributed by atoms with van der Waals surface area (Å²) in [6.45, 7) is 7.81. The second kappa shape index (κ2) is 8.20. The molecule has 2 fully saturated rings. The number of carbonyl (C=O) groups excluding carboxylic acids is 1. The fourth-order valence-corrected chi connectivity index (χ4v) is 5.35. The number of hydrogen-bond acceptors (Lipinski definition) is 6. The molecule has 4 heterocycles. The number of hydrogen-bond donors (Lipinski definition) is 2. The SMILES string of the molecule is Cc1cn2cc(Nc3nn(C(=O)C4CC4)c4cc(N5C[C@H](C)N[C@@H](C)C5)cc(Cl)c34)cc(F)c2n1. The molecule has 1 saturated heterocycles. The lowest BCUT2D eigenvalue weighted by molar-refractivity contribution is 0.0876. The predicted molar refractivity (Wildman–Crippen MR) is 136 cm³/mol. The van der Waals surface area contributed by atoms with Gasteiger partial charge in [-0.05, 0) is 45.7 Å². The molecule has 0 amide bonds. The van der Waals surface area contributed by atoms with Gasteiger partial charge < -0.3 is 19.9 Å². The molecule has 1 aliphatic heterocycles. The third-order valence-electron chi connectivity index (χ3n) is 6.67. The van der Waals surface area contributed by atoms with Gasteiger partial charge in [0.15, 0.2) is 17.3 Å². The van der Waals surface area contributed by atoms with Crippen LogP contribution in [0.5, 0.6) is 0 Å². The standard InChI is InChI=1S/C25H27ClFN7O/c1-13-9-32(10-14(2)28-13)18-7-19(26)22-21(8-18)34(25(35)16-4-5-16)31-23(22)30-17-6-20(27)24-29-15(3)11-33(24)12-17/h6-8,11-14,16,28H,4-5,9-10H2,1-3H3,(H,30,31)/t13-,14-/m0/s1. The van der Waals surface area contributed by atoms with Crippen LogP contribution in [-0.2, 0) is 0 Å². The number of piperazine rings is 1. The maximum absolute atomic E-state index is 14.7. The Bertz CT molecular complexity index is 1460. The summed E-state index contributed by atoms with van der Waals surface area (Å²) in [7, 11) is 0. The molecule has 4 aromatic rings. The average molecular weight is 496 g/mol. The van der Waals surface area contributed by atoms with Gasteiger partial charge in [-0.3, -0.25) is 4.79 Å². The summed E-state index contributed by atoms with van der Waals surface area (Å²) in [4.78, 5) is 19.6. The maximum atomic E-state index is 14.7. The first-order valence-electron chi connectivity index (χ1n) is 12.0. The summed E-state index contributed by atoms with van der Waals surface area (Å²) in [6, 6.07) is 5.96. The molecule has 0 spiro atoms. The highest BCUT2D eigenvalue weighted by Gasteiger charge is 2.34. The van der Waals surface area contributed by atoms with E-state index < -0.39 is 5.82 Å². The van der Waals surface area contributed by atoms with Gasteiger partial charge in [-0.15, -0.1) is 5.10 Å². The highest BCUT2D eigenvalue weighted by atomic mass is 35.5. The van der Waals surface area contributed by atoms with E-state index >= 15 is 0 Å². The Morgan fingerprint density at radius 1 is 1.17 bits per heavy atom. The van der Waals surface area contributed by atoms with Crippen molar-refractivity contribution in [2.24, 2.45) is 5.92 Å². The molecule has 1 aromatic carbocycles. The van der Waals surface area contributed by atoms with Crippen LogP contribution in [0.15, 0.2) is 30.6 Å². The molecule has 1 aliphatic carbocycles. The number of imidazole rings is 1. The Morgan fingerprint density at radius 3 is 2.63 bits per heavy atom. The van der Waals surface area contributed by atoms with Crippen molar-refractivity contribution in [3.05, 3.63) is 47.1 Å². The van der Waals surface area contributed by atoms with Crippen molar-refractivity contribution in [1.29, 1.82) is 0 Å². The number of aromatic nitrogens is 4. The Kier molecular flexibility index (Phi) is 5.23. The molecular weight excluding hydrogens is 469 g/mol. The van der Waals surface area contributed by atoms with E-state index in [1.54, 1.807) is 16.8 Å². The number of anilines is 3. The zero-order chi connectivity index (χ0) is 24.4. The lowest BCUT2D eigenvalue weighted by atomic mass is 10.1. The molecule has 182 valence electrons. The number of fused-ring (bicyclic) bond motifs is 2. The number of pyridine rings is 1. The third-order valence-corrected chi connectivity index (χ3v) is 6.96. The molecule has 3 aromatic heterocycles. The van der Waals surface area contributed by atoms with Crippen molar-refractivity contribution in [3.63, 3.8) is 0 Å². The third kappa shape index (κ3) is 4.02. The smallest absolute Gasteiger partial charge is 0.250 e. The lowest BCUT2D eigenvalue weighted by Crippen LogP contribution is -2.54. The Balaban J connectivity index is 1.45. The first kappa shape index (κ1) is 22.3. The number of nitrogens with one attached hydrogen (secondary N) is 2. The van der Waals surface area contributed by atoms with Gasteiger partial charge in [-0.2, -0.15) is 4.68 Å². The summed E-state index contributed by atoms with van der Waals surface area (Å²) in [5.41, 5.74) is 3.08. The lowest BCUT2D eigenvalue weighted by Gasteiger charge is -2.37. The second-order valence-corrected chi connectivity index (χ2v) is 10.3. The van der Waals surface area contributed by atoms with Gasteiger partial charge in [0.25, 0.3) is 5.91 Å². The zero-order valence-electron chi connectivity index (χ0n) is 19.8. The van der Waals surface area contributed by atoms with Crippen molar-refractivity contribution in [2.45, 2.75) is 45.7 Å². The number of rotatable bonds is 4. The van der Waals surface area contributed by atoms with E-state index in [2.05, 4.69) is 39.5 Å². The van der Waals surface area contributed by atoms with E-state index in [0.29, 0.717) is 39.5 Å². The summed E-state index contributed by atoms with van der Waals surface area (Å²) < 4.78 is 17.8. The van der Waals surface area contributed by atoms with E-state index in [1.165, 1.54) is 10.7 Å². The minimum absolute atomic E-state index is 0.0182. The van der Waals surface area contributed by atoms with Gasteiger partial charge in [-0.25, -0.2) is 9.37 Å². The Labute approximate surface area is 207 Å². The van der Waals surface area contributed by atoms with Crippen LogP contribution in [0.4, 0.5) is 21.6 Å². The molecular formula is C25H27ClFN7O. The van der Waals surface area contributed by atoms with Crippen LogP contribution in [0.1, 0.15) is 37.2 Å². The molecule has 2 aliphatic rings. The fraction of sp³-hybridized carbons (Fsp3) is 0.400. The van der Waals surface area contributed by atoms with E-state index in [4.69, 9.17) is 11.6 Å². The van der Waals surface area contributed by atoms with Gasteiger partial charge in [0.1, 0.15) is 0 Å². The Morgan fingerprint density at radius 2 is 1.91 bits per heavy atom. The minimum Gasteiger partial charge on any atom is -0.368 e. The largest absolute Gasteiger partial charge is 0.368 e. The summed E-state index contributed by atoms with van der Waals surface area (Å²) in [6.07, 6.45) is 5.24. The van der Waals surface area contributed by atoms with Crippen molar-refractivity contribution in [3.8, 4) is 0 Å². The van der Waals surface area contributed by atoms with E-state index in [0.717, 1.165) is 37.3 Å². The first-order valence-corrected chi connectivity index (χ1v) is 12.3. The predicted octanol–water partition coefficient (Wildman–Crippen LogP) is 4.77. The zero-order valence-corrected chi connectivity index (χ0v) is 20.6. The second-order valence-electron chi connectivity index (χ2n) is 9.88. The number of benzene rings is 1. The van der Waals surface area contributed by atoms with Crippen molar-refractivity contribution >= 4 is 51.3 Å². The van der Waals surface area contributed by atoms with Crippen molar-refractivity contribution < 1.29 is 9.18 Å². The normalized spacial score (nSPS) is 20.7. The van der Waals surface area contributed by atoms with Crippen LogP contribution < -0.4 is 15.5 Å². The van der Waals surface area contributed by atoms with Crippen LogP contribution in [0, 0.1) is 18.7 Å². The van der Waals surface area contributed by atoms with Gasteiger partial charge >= 0.3 is 0 Å². The molecule has 1 saturated carbocycles. The van der Waals surface area contributed by atoms with Crippen LogP contribution >= 0.6 is 11.6 Å². The maximum Gasteiger partial charge on any atom is 0.250 e. The van der Waals surface area contributed by atoms with Gasteiger partial charge in [0, 0.05) is 55.2 Å². The molecule has 2 N–H and O–H groups in total.